The van der Waals surface area contributed by atoms with Gasteiger partial charge in [0.1, 0.15) is 0 Å². The van der Waals surface area contributed by atoms with Crippen molar-refractivity contribution in [3.63, 3.8) is 0 Å². The van der Waals surface area contributed by atoms with Gasteiger partial charge in [-0.1, -0.05) is 30.3 Å². The van der Waals surface area contributed by atoms with Crippen LogP contribution >= 0.6 is 0 Å². The molecule has 0 aliphatic carbocycles. The number of fused-ring (bicyclic) bond motifs is 1. The maximum Gasteiger partial charge on any atom is 0.315 e. The fourth-order valence-electron chi connectivity index (χ4n) is 2.98. The van der Waals surface area contributed by atoms with Crippen LogP contribution in [-0.2, 0) is 13.0 Å². The van der Waals surface area contributed by atoms with Crippen molar-refractivity contribution < 1.29 is 14.3 Å². The van der Waals surface area contributed by atoms with Gasteiger partial charge < -0.3 is 25.1 Å². The molecule has 6 nitrogen and oxygen atoms in total. The Morgan fingerprint density at radius 3 is 2.65 bits per heavy atom. The Labute approximate surface area is 152 Å². The Kier molecular flexibility index (Phi) is 5.63. The van der Waals surface area contributed by atoms with E-state index < -0.39 is 0 Å². The predicted molar refractivity (Wildman–Crippen MR) is 102 cm³/mol. The number of para-hydroxylation sites is 2. The highest BCUT2D eigenvalue weighted by atomic mass is 16.5. The molecule has 0 radical (unpaired) electrons. The molecule has 0 spiro atoms. The largest absolute Gasteiger partial charge is 0.493 e. The second kappa shape index (κ2) is 8.29. The summed E-state index contributed by atoms with van der Waals surface area (Å²) in [5.74, 6) is 1.28. The smallest absolute Gasteiger partial charge is 0.315 e. The van der Waals surface area contributed by atoms with E-state index in [9.17, 15) is 4.79 Å². The summed E-state index contributed by atoms with van der Waals surface area (Å²) < 4.78 is 10.6. The van der Waals surface area contributed by atoms with Crippen molar-refractivity contribution in [2.45, 2.75) is 13.0 Å². The van der Waals surface area contributed by atoms with Crippen LogP contribution in [0.4, 0.5) is 4.79 Å². The lowest BCUT2D eigenvalue weighted by Crippen LogP contribution is -2.36. The fraction of sp³-hybridized carbons (Fsp3) is 0.250. The first kappa shape index (κ1) is 17.7. The van der Waals surface area contributed by atoms with E-state index in [0.717, 1.165) is 17.5 Å². The van der Waals surface area contributed by atoms with Crippen molar-refractivity contribution in [1.82, 2.24) is 15.6 Å². The van der Waals surface area contributed by atoms with Gasteiger partial charge in [0.15, 0.2) is 11.5 Å². The lowest BCUT2D eigenvalue weighted by Gasteiger charge is -2.13. The minimum atomic E-state index is -0.213. The number of aromatic nitrogens is 1. The standard InChI is InChI=1S/C20H23N3O3/c1-25-18-9-5-6-15(19(18)26-2)13-23-20(24)21-11-10-14-12-22-17-8-4-3-7-16(14)17/h3-9,12,22H,10-11,13H2,1-2H3,(H2,21,23,24). The quantitative estimate of drug-likeness (QED) is 0.610. The van der Waals surface area contributed by atoms with E-state index in [-0.39, 0.29) is 6.03 Å². The third-order valence-corrected chi connectivity index (χ3v) is 4.28. The molecule has 3 aromatic rings. The molecule has 0 aliphatic heterocycles. The zero-order chi connectivity index (χ0) is 18.4. The highest BCUT2D eigenvalue weighted by molar-refractivity contribution is 5.83. The van der Waals surface area contributed by atoms with E-state index in [1.54, 1.807) is 14.2 Å². The highest BCUT2D eigenvalue weighted by Gasteiger charge is 2.10. The highest BCUT2D eigenvalue weighted by Crippen LogP contribution is 2.30. The molecule has 0 bridgehead atoms. The molecule has 6 heteroatoms. The Morgan fingerprint density at radius 1 is 1.00 bits per heavy atom. The summed E-state index contributed by atoms with van der Waals surface area (Å²) in [5.41, 5.74) is 3.16. The van der Waals surface area contributed by atoms with Gasteiger partial charge in [-0.05, 0) is 24.1 Å². The first-order chi connectivity index (χ1) is 12.7. The molecule has 3 N–H and O–H groups in total. The summed E-state index contributed by atoms with van der Waals surface area (Å²) in [7, 11) is 3.18. The Bertz CT molecular complexity index is 889. The van der Waals surface area contributed by atoms with Crippen LogP contribution in [0.1, 0.15) is 11.1 Å². The summed E-state index contributed by atoms with van der Waals surface area (Å²) in [4.78, 5) is 15.3. The summed E-state index contributed by atoms with van der Waals surface area (Å²) in [6, 6.07) is 13.5. The fourth-order valence-corrected chi connectivity index (χ4v) is 2.98. The topological polar surface area (TPSA) is 75.4 Å². The van der Waals surface area contributed by atoms with Gasteiger partial charge in [-0.3, -0.25) is 0 Å². The number of carbonyl (C=O) groups excluding carboxylic acids is 1. The zero-order valence-electron chi connectivity index (χ0n) is 15.0. The van der Waals surface area contributed by atoms with Crippen molar-refractivity contribution in [1.29, 1.82) is 0 Å². The molecule has 0 fully saturated rings. The van der Waals surface area contributed by atoms with Crippen LogP contribution in [0.5, 0.6) is 11.5 Å². The van der Waals surface area contributed by atoms with Gasteiger partial charge in [-0.2, -0.15) is 0 Å². The number of rotatable bonds is 7. The first-order valence-corrected chi connectivity index (χ1v) is 8.49. The van der Waals surface area contributed by atoms with E-state index in [1.165, 1.54) is 10.9 Å². The molecule has 3 rings (SSSR count). The number of carbonyl (C=O) groups is 1. The second-order valence-electron chi connectivity index (χ2n) is 5.87. The van der Waals surface area contributed by atoms with E-state index in [2.05, 4.69) is 21.7 Å². The summed E-state index contributed by atoms with van der Waals surface area (Å²) in [6.45, 7) is 0.919. The number of ether oxygens (including phenoxy) is 2. The third kappa shape index (κ3) is 3.91. The molecular weight excluding hydrogens is 330 g/mol. The Morgan fingerprint density at radius 2 is 1.85 bits per heavy atom. The molecule has 0 saturated heterocycles. The van der Waals surface area contributed by atoms with Crippen molar-refractivity contribution in [2.75, 3.05) is 20.8 Å². The summed E-state index contributed by atoms with van der Waals surface area (Å²) in [5, 5.41) is 6.93. The molecule has 26 heavy (non-hydrogen) atoms. The van der Waals surface area contributed by atoms with Gasteiger partial charge in [0.05, 0.1) is 14.2 Å². The molecule has 136 valence electrons. The molecule has 2 amide bonds. The normalized spacial score (nSPS) is 10.5. The van der Waals surface area contributed by atoms with Crippen LogP contribution in [0.15, 0.2) is 48.7 Å². The number of nitrogens with one attached hydrogen (secondary N) is 3. The number of hydrogen-bond acceptors (Lipinski definition) is 3. The molecule has 0 saturated carbocycles. The van der Waals surface area contributed by atoms with Crippen LogP contribution < -0.4 is 20.1 Å². The van der Waals surface area contributed by atoms with Gasteiger partial charge in [0.2, 0.25) is 0 Å². The van der Waals surface area contributed by atoms with E-state index >= 15 is 0 Å². The molecule has 1 heterocycles. The van der Waals surface area contributed by atoms with Crippen LogP contribution in [-0.4, -0.2) is 31.8 Å². The van der Waals surface area contributed by atoms with Crippen LogP contribution in [0, 0.1) is 0 Å². The van der Waals surface area contributed by atoms with E-state index in [4.69, 9.17) is 9.47 Å². The third-order valence-electron chi connectivity index (χ3n) is 4.28. The van der Waals surface area contributed by atoms with Crippen molar-refractivity contribution in [2.24, 2.45) is 0 Å². The van der Waals surface area contributed by atoms with Gasteiger partial charge in [0.25, 0.3) is 0 Å². The maximum atomic E-state index is 12.1. The lowest BCUT2D eigenvalue weighted by molar-refractivity contribution is 0.240. The number of aromatic amines is 1. The summed E-state index contributed by atoms with van der Waals surface area (Å²) in [6.07, 6.45) is 2.76. The number of urea groups is 1. The SMILES string of the molecule is COc1cccc(CNC(=O)NCCc2c[nH]c3ccccc23)c1OC. The van der Waals surface area contributed by atoms with Gasteiger partial charge in [-0.25, -0.2) is 4.79 Å². The number of benzene rings is 2. The molecule has 0 atom stereocenters. The maximum absolute atomic E-state index is 12.1. The number of methoxy groups -OCH3 is 2. The minimum Gasteiger partial charge on any atom is -0.493 e. The van der Waals surface area contributed by atoms with Crippen LogP contribution in [0.3, 0.4) is 0 Å². The minimum absolute atomic E-state index is 0.213. The molecule has 0 aliphatic rings. The first-order valence-electron chi connectivity index (χ1n) is 8.49. The van der Waals surface area contributed by atoms with Gasteiger partial charge in [-0.15, -0.1) is 0 Å². The predicted octanol–water partition coefficient (Wildman–Crippen LogP) is 3.23. The average molecular weight is 353 g/mol. The number of hydrogen-bond donors (Lipinski definition) is 3. The summed E-state index contributed by atoms with van der Waals surface area (Å²) >= 11 is 0. The monoisotopic (exact) mass is 353 g/mol. The molecule has 2 aromatic carbocycles. The van der Waals surface area contributed by atoms with Crippen molar-refractivity contribution >= 4 is 16.9 Å². The van der Waals surface area contributed by atoms with Crippen LogP contribution in [0.2, 0.25) is 0 Å². The number of H-pyrrole nitrogens is 1. The zero-order valence-corrected chi connectivity index (χ0v) is 15.0. The van der Waals surface area contributed by atoms with Crippen molar-refractivity contribution in [3.05, 3.63) is 59.8 Å². The van der Waals surface area contributed by atoms with Gasteiger partial charge in [0, 0.05) is 35.8 Å². The van der Waals surface area contributed by atoms with Gasteiger partial charge >= 0.3 is 6.03 Å². The Hall–Kier alpha value is -3.15. The molecule has 0 unspecified atom stereocenters. The Balaban J connectivity index is 1.51. The lowest BCUT2D eigenvalue weighted by atomic mass is 10.1. The second-order valence-corrected chi connectivity index (χ2v) is 5.87. The molecular formula is C20H23N3O3. The van der Waals surface area contributed by atoms with E-state index in [0.29, 0.717) is 24.6 Å². The average Bonchev–Trinajstić information content (AvgIpc) is 3.09. The number of amides is 2. The van der Waals surface area contributed by atoms with Crippen LogP contribution in [0.25, 0.3) is 10.9 Å². The van der Waals surface area contributed by atoms with Crippen molar-refractivity contribution in [3.8, 4) is 11.5 Å². The molecule has 1 aromatic heterocycles. The van der Waals surface area contributed by atoms with E-state index in [1.807, 2.05) is 42.6 Å².